The molecule has 1 atom stereocenters. The molecule has 78 valence electrons. The lowest BCUT2D eigenvalue weighted by Gasteiger charge is -2.11. The van der Waals surface area contributed by atoms with Crippen molar-refractivity contribution in [3.05, 3.63) is 29.6 Å². The Bertz CT molecular complexity index is 299. The van der Waals surface area contributed by atoms with Crippen molar-refractivity contribution in [3.8, 4) is 0 Å². The second-order valence-corrected chi connectivity index (χ2v) is 3.53. The highest BCUT2D eigenvalue weighted by Gasteiger charge is 2.07. The molecule has 0 bridgehead atoms. The zero-order valence-corrected chi connectivity index (χ0v) is 8.46. The molecule has 0 spiro atoms. The standard InChI is InChI=1S/C11H17FN2/c1-2-3-4-10(13)8-5-6-11(14)9(12)7-8/h5-7,10H,2-4,13-14H2,1H3. The topological polar surface area (TPSA) is 52.0 Å². The van der Waals surface area contributed by atoms with E-state index >= 15 is 0 Å². The third-order valence-electron chi connectivity index (χ3n) is 2.32. The maximum Gasteiger partial charge on any atom is 0.146 e. The molecular weight excluding hydrogens is 179 g/mol. The summed E-state index contributed by atoms with van der Waals surface area (Å²) in [6.45, 7) is 2.11. The van der Waals surface area contributed by atoms with Crippen molar-refractivity contribution < 1.29 is 4.39 Å². The average molecular weight is 196 g/mol. The van der Waals surface area contributed by atoms with Gasteiger partial charge in [0.2, 0.25) is 0 Å². The Kier molecular flexibility index (Phi) is 3.89. The molecule has 3 heteroatoms. The van der Waals surface area contributed by atoms with E-state index in [-0.39, 0.29) is 17.5 Å². The van der Waals surface area contributed by atoms with Gasteiger partial charge in [0.15, 0.2) is 0 Å². The van der Waals surface area contributed by atoms with Crippen LogP contribution in [0.25, 0.3) is 0 Å². The van der Waals surface area contributed by atoms with E-state index in [1.54, 1.807) is 12.1 Å². The number of nitrogens with two attached hydrogens (primary N) is 2. The van der Waals surface area contributed by atoms with Crippen LogP contribution in [0.5, 0.6) is 0 Å². The molecule has 1 aromatic rings. The molecule has 0 saturated carbocycles. The Morgan fingerprint density at radius 3 is 2.71 bits per heavy atom. The Balaban J connectivity index is 2.70. The van der Waals surface area contributed by atoms with Gasteiger partial charge >= 0.3 is 0 Å². The van der Waals surface area contributed by atoms with Crippen LogP contribution >= 0.6 is 0 Å². The number of anilines is 1. The average Bonchev–Trinajstić information content (AvgIpc) is 2.18. The minimum absolute atomic E-state index is 0.0787. The molecule has 0 radical (unpaired) electrons. The molecule has 2 nitrogen and oxygen atoms in total. The Morgan fingerprint density at radius 2 is 2.14 bits per heavy atom. The van der Waals surface area contributed by atoms with Gasteiger partial charge in [-0.2, -0.15) is 0 Å². The molecule has 0 aliphatic carbocycles. The van der Waals surface area contributed by atoms with Crippen molar-refractivity contribution in [2.45, 2.75) is 32.2 Å². The number of hydrogen-bond acceptors (Lipinski definition) is 2. The van der Waals surface area contributed by atoms with E-state index in [2.05, 4.69) is 6.92 Å². The van der Waals surface area contributed by atoms with Crippen molar-refractivity contribution in [2.24, 2.45) is 5.73 Å². The number of nitrogen functional groups attached to an aromatic ring is 1. The smallest absolute Gasteiger partial charge is 0.146 e. The molecule has 4 N–H and O–H groups in total. The zero-order valence-electron chi connectivity index (χ0n) is 8.46. The minimum Gasteiger partial charge on any atom is -0.396 e. The van der Waals surface area contributed by atoms with Crippen molar-refractivity contribution >= 4 is 5.69 Å². The predicted octanol–water partition coefficient (Wildman–Crippen LogP) is 2.60. The number of hydrogen-bond donors (Lipinski definition) is 2. The van der Waals surface area contributed by atoms with Gasteiger partial charge in [-0.25, -0.2) is 4.39 Å². The van der Waals surface area contributed by atoms with Gasteiger partial charge < -0.3 is 11.5 Å². The van der Waals surface area contributed by atoms with E-state index in [1.165, 1.54) is 6.07 Å². The molecule has 14 heavy (non-hydrogen) atoms. The first-order valence-electron chi connectivity index (χ1n) is 4.95. The molecule has 0 saturated heterocycles. The van der Waals surface area contributed by atoms with Crippen LogP contribution in [-0.2, 0) is 0 Å². The van der Waals surface area contributed by atoms with E-state index < -0.39 is 0 Å². The van der Waals surface area contributed by atoms with Crippen molar-refractivity contribution in [2.75, 3.05) is 5.73 Å². The van der Waals surface area contributed by atoms with Crippen molar-refractivity contribution in [3.63, 3.8) is 0 Å². The number of benzene rings is 1. The Morgan fingerprint density at radius 1 is 1.43 bits per heavy atom. The maximum absolute atomic E-state index is 13.1. The lowest BCUT2D eigenvalue weighted by molar-refractivity contribution is 0.590. The summed E-state index contributed by atoms with van der Waals surface area (Å²) in [7, 11) is 0. The van der Waals surface area contributed by atoms with Crippen molar-refractivity contribution in [1.82, 2.24) is 0 Å². The van der Waals surface area contributed by atoms with Crippen LogP contribution < -0.4 is 11.5 Å². The molecule has 0 aromatic heterocycles. The third-order valence-corrected chi connectivity index (χ3v) is 2.32. The van der Waals surface area contributed by atoms with Gasteiger partial charge in [-0.05, 0) is 24.1 Å². The fourth-order valence-corrected chi connectivity index (χ4v) is 1.36. The number of rotatable bonds is 4. The molecule has 1 aromatic carbocycles. The van der Waals surface area contributed by atoms with Crippen LogP contribution in [0.3, 0.4) is 0 Å². The summed E-state index contributed by atoms with van der Waals surface area (Å²) in [6, 6.07) is 4.70. The number of halogens is 1. The van der Waals surface area contributed by atoms with Gasteiger partial charge in [0, 0.05) is 6.04 Å². The summed E-state index contributed by atoms with van der Waals surface area (Å²) < 4.78 is 13.1. The van der Waals surface area contributed by atoms with Crippen LogP contribution in [0.2, 0.25) is 0 Å². The third kappa shape index (κ3) is 2.70. The lowest BCUT2D eigenvalue weighted by atomic mass is 10.0. The first-order valence-corrected chi connectivity index (χ1v) is 4.95. The van der Waals surface area contributed by atoms with Gasteiger partial charge in [0.1, 0.15) is 5.82 Å². The van der Waals surface area contributed by atoms with Crippen LogP contribution in [0, 0.1) is 5.82 Å². The Hall–Kier alpha value is -1.09. The second-order valence-electron chi connectivity index (χ2n) is 3.53. The molecular formula is C11H17FN2. The zero-order chi connectivity index (χ0) is 10.6. The predicted molar refractivity (Wildman–Crippen MR) is 57.3 cm³/mol. The van der Waals surface area contributed by atoms with E-state index in [4.69, 9.17) is 11.5 Å². The Labute approximate surface area is 84.1 Å². The van der Waals surface area contributed by atoms with Crippen LogP contribution in [0.15, 0.2) is 18.2 Å². The summed E-state index contributed by atoms with van der Waals surface area (Å²) in [5.41, 5.74) is 12.3. The lowest BCUT2D eigenvalue weighted by Crippen LogP contribution is -2.10. The molecule has 0 aliphatic rings. The van der Waals surface area contributed by atoms with E-state index in [9.17, 15) is 4.39 Å². The minimum atomic E-state index is -0.380. The molecule has 0 heterocycles. The largest absolute Gasteiger partial charge is 0.396 e. The van der Waals surface area contributed by atoms with Crippen LogP contribution in [0.4, 0.5) is 10.1 Å². The molecule has 1 rings (SSSR count). The number of unbranched alkanes of at least 4 members (excludes halogenated alkanes) is 1. The van der Waals surface area contributed by atoms with Gasteiger partial charge in [-0.15, -0.1) is 0 Å². The van der Waals surface area contributed by atoms with Gasteiger partial charge in [-0.1, -0.05) is 25.8 Å². The van der Waals surface area contributed by atoms with E-state index in [0.29, 0.717) is 0 Å². The maximum atomic E-state index is 13.1. The first kappa shape index (κ1) is 11.0. The normalized spacial score (nSPS) is 12.8. The summed E-state index contributed by atoms with van der Waals surface area (Å²) >= 11 is 0. The van der Waals surface area contributed by atoms with Gasteiger partial charge in [0.25, 0.3) is 0 Å². The molecule has 1 unspecified atom stereocenters. The second kappa shape index (κ2) is 4.96. The van der Waals surface area contributed by atoms with E-state index in [1.807, 2.05) is 0 Å². The first-order chi connectivity index (χ1) is 6.65. The quantitative estimate of drug-likeness (QED) is 0.727. The highest BCUT2D eigenvalue weighted by molar-refractivity contribution is 5.41. The van der Waals surface area contributed by atoms with Crippen LogP contribution in [0.1, 0.15) is 37.8 Å². The monoisotopic (exact) mass is 196 g/mol. The molecule has 0 amide bonds. The summed E-state index contributed by atoms with van der Waals surface area (Å²) in [5.74, 6) is -0.380. The molecule has 0 aliphatic heterocycles. The van der Waals surface area contributed by atoms with Gasteiger partial charge in [-0.3, -0.25) is 0 Å². The summed E-state index contributed by atoms with van der Waals surface area (Å²) in [5, 5.41) is 0. The molecule has 0 fully saturated rings. The summed E-state index contributed by atoms with van der Waals surface area (Å²) in [4.78, 5) is 0. The highest BCUT2D eigenvalue weighted by atomic mass is 19.1. The highest BCUT2D eigenvalue weighted by Crippen LogP contribution is 2.20. The summed E-state index contributed by atoms with van der Waals surface area (Å²) in [6.07, 6.45) is 3.05. The van der Waals surface area contributed by atoms with E-state index in [0.717, 1.165) is 24.8 Å². The van der Waals surface area contributed by atoms with Gasteiger partial charge in [0.05, 0.1) is 5.69 Å². The fourth-order valence-electron chi connectivity index (χ4n) is 1.36. The van der Waals surface area contributed by atoms with Crippen LogP contribution in [-0.4, -0.2) is 0 Å². The van der Waals surface area contributed by atoms with Crippen molar-refractivity contribution in [1.29, 1.82) is 0 Å². The SMILES string of the molecule is CCCCC(N)c1ccc(N)c(F)c1. The fraction of sp³-hybridized carbons (Fsp3) is 0.455.